The summed E-state index contributed by atoms with van der Waals surface area (Å²) in [5, 5.41) is 4.25. The van der Waals surface area contributed by atoms with Gasteiger partial charge in [0, 0.05) is 25.2 Å². The normalized spacial score (nSPS) is 23.5. The van der Waals surface area contributed by atoms with E-state index in [2.05, 4.69) is 15.1 Å². The van der Waals surface area contributed by atoms with E-state index in [0.717, 1.165) is 25.1 Å². The maximum absolute atomic E-state index is 13.3. The molecule has 150 valence electrons. The van der Waals surface area contributed by atoms with E-state index in [9.17, 15) is 4.79 Å². The van der Waals surface area contributed by atoms with Gasteiger partial charge in [0.1, 0.15) is 0 Å². The third kappa shape index (κ3) is 5.38. The van der Waals surface area contributed by atoms with Gasteiger partial charge in [-0.15, -0.1) is 0 Å². The first-order valence-electron chi connectivity index (χ1n) is 10.2. The summed E-state index contributed by atoms with van der Waals surface area (Å²) in [6, 6.07) is 6.33. The van der Waals surface area contributed by atoms with Gasteiger partial charge in [0.15, 0.2) is 0 Å². The molecule has 0 bridgehead atoms. The Labute approximate surface area is 173 Å². The lowest BCUT2D eigenvalue weighted by molar-refractivity contribution is -0.135. The summed E-state index contributed by atoms with van der Waals surface area (Å²) in [7, 11) is 1.94. The SMILES string of the molecule is CNCCN(C(=O)Cc1ccc(Cl)c(Cl)c1)C1CCCCC1N1CCCC1. The fraction of sp³-hybridized carbons (Fsp3) is 0.667. The molecule has 1 amide bonds. The van der Waals surface area contributed by atoms with Crippen molar-refractivity contribution in [2.45, 2.75) is 57.0 Å². The predicted molar refractivity (Wildman–Crippen MR) is 113 cm³/mol. The number of likely N-dealkylation sites (N-methyl/N-ethyl adjacent to an activating group) is 1. The molecule has 1 heterocycles. The van der Waals surface area contributed by atoms with Crippen LogP contribution in [-0.2, 0) is 11.2 Å². The van der Waals surface area contributed by atoms with E-state index in [4.69, 9.17) is 23.2 Å². The monoisotopic (exact) mass is 411 g/mol. The van der Waals surface area contributed by atoms with Gasteiger partial charge < -0.3 is 10.2 Å². The summed E-state index contributed by atoms with van der Waals surface area (Å²) >= 11 is 12.2. The zero-order chi connectivity index (χ0) is 19.2. The van der Waals surface area contributed by atoms with Crippen LogP contribution in [0.15, 0.2) is 18.2 Å². The topological polar surface area (TPSA) is 35.6 Å². The number of nitrogens with one attached hydrogen (secondary N) is 1. The van der Waals surface area contributed by atoms with E-state index < -0.39 is 0 Å². The Morgan fingerprint density at radius 1 is 1.15 bits per heavy atom. The highest BCUT2D eigenvalue weighted by molar-refractivity contribution is 6.42. The molecule has 1 N–H and O–H groups in total. The van der Waals surface area contributed by atoms with Crippen LogP contribution in [0.25, 0.3) is 0 Å². The fourth-order valence-electron chi connectivity index (χ4n) is 4.59. The Bertz CT molecular complexity index is 634. The van der Waals surface area contributed by atoms with Crippen LogP contribution in [0.2, 0.25) is 10.0 Å². The molecule has 1 aromatic rings. The molecule has 0 spiro atoms. The summed E-state index contributed by atoms with van der Waals surface area (Å²) in [6.07, 6.45) is 7.76. The van der Waals surface area contributed by atoms with Crippen LogP contribution in [-0.4, -0.2) is 61.0 Å². The van der Waals surface area contributed by atoms with E-state index in [1.54, 1.807) is 6.07 Å². The van der Waals surface area contributed by atoms with Gasteiger partial charge >= 0.3 is 0 Å². The van der Waals surface area contributed by atoms with E-state index in [-0.39, 0.29) is 5.91 Å². The minimum Gasteiger partial charge on any atom is -0.337 e. The lowest BCUT2D eigenvalue weighted by Gasteiger charge is -2.44. The summed E-state index contributed by atoms with van der Waals surface area (Å²) in [5.41, 5.74) is 0.928. The molecule has 2 unspecified atom stereocenters. The van der Waals surface area contributed by atoms with Crippen molar-refractivity contribution < 1.29 is 4.79 Å². The van der Waals surface area contributed by atoms with E-state index in [1.807, 2.05) is 19.2 Å². The van der Waals surface area contributed by atoms with Gasteiger partial charge in [0.2, 0.25) is 5.91 Å². The van der Waals surface area contributed by atoms with Crippen LogP contribution in [0.1, 0.15) is 44.1 Å². The summed E-state index contributed by atoms with van der Waals surface area (Å²) < 4.78 is 0. The maximum atomic E-state index is 13.3. The molecule has 27 heavy (non-hydrogen) atoms. The number of carbonyl (C=O) groups excluding carboxylic acids is 1. The van der Waals surface area contributed by atoms with Crippen LogP contribution in [0.4, 0.5) is 0 Å². The van der Waals surface area contributed by atoms with Gasteiger partial charge in [-0.1, -0.05) is 42.1 Å². The largest absolute Gasteiger partial charge is 0.337 e. The first kappa shape index (κ1) is 20.9. The maximum Gasteiger partial charge on any atom is 0.227 e. The number of benzene rings is 1. The van der Waals surface area contributed by atoms with Crippen molar-refractivity contribution in [3.05, 3.63) is 33.8 Å². The van der Waals surface area contributed by atoms with Crippen molar-refractivity contribution in [3.8, 4) is 0 Å². The van der Waals surface area contributed by atoms with Crippen molar-refractivity contribution in [1.82, 2.24) is 15.1 Å². The number of rotatable bonds is 7. The smallest absolute Gasteiger partial charge is 0.227 e. The minimum absolute atomic E-state index is 0.194. The third-order valence-electron chi connectivity index (χ3n) is 5.97. The average Bonchev–Trinajstić information content (AvgIpc) is 3.20. The second kappa shape index (κ2) is 10.1. The highest BCUT2D eigenvalue weighted by Crippen LogP contribution is 2.30. The zero-order valence-electron chi connectivity index (χ0n) is 16.2. The Hall–Kier alpha value is -0.810. The molecule has 3 rings (SSSR count). The van der Waals surface area contributed by atoms with E-state index in [1.165, 1.54) is 45.2 Å². The third-order valence-corrected chi connectivity index (χ3v) is 6.71. The zero-order valence-corrected chi connectivity index (χ0v) is 17.7. The second-order valence-corrected chi connectivity index (χ2v) is 8.59. The molecule has 6 heteroatoms. The molecule has 1 aromatic carbocycles. The average molecular weight is 412 g/mol. The number of halogens is 2. The van der Waals surface area contributed by atoms with Crippen molar-refractivity contribution in [3.63, 3.8) is 0 Å². The molecule has 2 aliphatic rings. The van der Waals surface area contributed by atoms with E-state index >= 15 is 0 Å². The van der Waals surface area contributed by atoms with Gasteiger partial charge in [-0.25, -0.2) is 0 Å². The Morgan fingerprint density at radius 3 is 2.59 bits per heavy atom. The lowest BCUT2D eigenvalue weighted by atomic mass is 9.87. The molecule has 2 fully saturated rings. The van der Waals surface area contributed by atoms with Crippen LogP contribution in [0.5, 0.6) is 0 Å². The molecule has 1 saturated carbocycles. The van der Waals surface area contributed by atoms with Crippen LogP contribution < -0.4 is 5.32 Å². The summed E-state index contributed by atoms with van der Waals surface area (Å²) in [6.45, 7) is 3.94. The molecule has 0 radical (unpaired) electrons. The van der Waals surface area contributed by atoms with E-state index in [0.29, 0.717) is 28.5 Å². The first-order chi connectivity index (χ1) is 13.1. The van der Waals surface area contributed by atoms with Gasteiger partial charge in [-0.2, -0.15) is 0 Å². The highest BCUT2D eigenvalue weighted by atomic mass is 35.5. The Kier molecular flexibility index (Phi) is 7.83. The predicted octanol–water partition coefficient (Wildman–Crippen LogP) is 3.99. The van der Waals surface area contributed by atoms with Gasteiger partial charge in [0.25, 0.3) is 0 Å². The standard InChI is InChI=1S/C21H31Cl2N3O/c1-24-10-13-26(21(27)15-16-8-9-17(22)18(23)14-16)20-7-3-2-6-19(20)25-11-4-5-12-25/h8-9,14,19-20,24H,2-7,10-13,15H2,1H3. The molecular weight excluding hydrogens is 381 g/mol. The quantitative estimate of drug-likeness (QED) is 0.736. The second-order valence-electron chi connectivity index (χ2n) is 7.78. The molecule has 2 atom stereocenters. The van der Waals surface area contributed by atoms with Crippen molar-refractivity contribution >= 4 is 29.1 Å². The minimum atomic E-state index is 0.194. The summed E-state index contributed by atoms with van der Waals surface area (Å²) in [4.78, 5) is 18.0. The molecule has 1 aliphatic heterocycles. The molecule has 0 aromatic heterocycles. The fourth-order valence-corrected chi connectivity index (χ4v) is 4.91. The van der Waals surface area contributed by atoms with Gasteiger partial charge in [-0.3, -0.25) is 9.69 Å². The number of nitrogens with zero attached hydrogens (tertiary/aromatic N) is 2. The van der Waals surface area contributed by atoms with Crippen LogP contribution >= 0.6 is 23.2 Å². The number of hydrogen-bond donors (Lipinski definition) is 1. The molecule has 1 saturated heterocycles. The van der Waals surface area contributed by atoms with Crippen molar-refractivity contribution in [2.75, 3.05) is 33.2 Å². The number of likely N-dealkylation sites (tertiary alicyclic amines) is 1. The molecular formula is C21H31Cl2N3O. The highest BCUT2D eigenvalue weighted by Gasteiger charge is 2.36. The van der Waals surface area contributed by atoms with Gasteiger partial charge in [-0.05, 0) is 63.5 Å². The number of amides is 1. The number of hydrogen-bond acceptors (Lipinski definition) is 3. The molecule has 1 aliphatic carbocycles. The van der Waals surface area contributed by atoms with Gasteiger partial charge in [0.05, 0.1) is 16.5 Å². The van der Waals surface area contributed by atoms with Crippen molar-refractivity contribution in [1.29, 1.82) is 0 Å². The lowest BCUT2D eigenvalue weighted by Crippen LogP contribution is -2.56. The Balaban J connectivity index is 1.76. The summed E-state index contributed by atoms with van der Waals surface area (Å²) in [5.74, 6) is 0.194. The van der Waals surface area contributed by atoms with Crippen LogP contribution in [0, 0.1) is 0 Å². The first-order valence-corrected chi connectivity index (χ1v) is 11.0. The van der Waals surface area contributed by atoms with Crippen molar-refractivity contribution in [2.24, 2.45) is 0 Å². The number of carbonyl (C=O) groups is 1. The Morgan fingerprint density at radius 2 is 1.89 bits per heavy atom. The molecule has 4 nitrogen and oxygen atoms in total. The van der Waals surface area contributed by atoms with Crippen LogP contribution in [0.3, 0.4) is 0 Å².